The predicted molar refractivity (Wildman–Crippen MR) is 120 cm³/mol. The fourth-order valence-electron chi connectivity index (χ4n) is 2.92. The monoisotopic (exact) mass is 501 g/mol. The fraction of sp³-hybridized carbons (Fsp3) is 0.261. The Hall–Kier alpha value is -2.03. The maximum absolute atomic E-state index is 12.5. The van der Waals surface area contributed by atoms with Gasteiger partial charge in [-0.2, -0.15) is 0 Å². The van der Waals surface area contributed by atoms with Crippen LogP contribution in [0.5, 0.6) is 0 Å². The molecule has 28 heavy (non-hydrogen) atoms. The summed E-state index contributed by atoms with van der Waals surface area (Å²) in [4.78, 5) is 12.5. The van der Waals surface area contributed by atoms with Crippen molar-refractivity contribution in [3.8, 4) is 11.8 Å². The lowest BCUT2D eigenvalue weighted by molar-refractivity contribution is 0.0497. The number of fused-ring (bicyclic) bond motifs is 1. The van der Waals surface area contributed by atoms with Crippen LogP contribution in [0, 0.1) is 17.8 Å². The molecule has 1 N–H and O–H groups in total. The van der Waals surface area contributed by atoms with Crippen LogP contribution in [0.3, 0.4) is 0 Å². The van der Waals surface area contributed by atoms with Gasteiger partial charge in [-0.05, 0) is 88.0 Å². The van der Waals surface area contributed by atoms with Crippen molar-refractivity contribution < 1.29 is 9.53 Å². The molecule has 1 aliphatic rings. The molecule has 0 saturated heterocycles. The molecule has 0 aliphatic heterocycles. The second kappa shape index (κ2) is 8.55. The lowest BCUT2D eigenvalue weighted by Gasteiger charge is -2.29. The molecule has 5 heteroatoms. The largest absolute Gasteiger partial charge is 0.444 e. The van der Waals surface area contributed by atoms with Gasteiger partial charge in [0.2, 0.25) is 0 Å². The average molecular weight is 503 g/mol. The number of benzene rings is 2. The molecule has 0 saturated carbocycles. The van der Waals surface area contributed by atoms with E-state index < -0.39 is 11.7 Å². The van der Waals surface area contributed by atoms with Crippen molar-refractivity contribution in [3.63, 3.8) is 0 Å². The van der Waals surface area contributed by atoms with Crippen molar-refractivity contribution >= 4 is 44.0 Å². The van der Waals surface area contributed by atoms with Gasteiger partial charge in [-0.25, -0.2) is 4.79 Å². The third kappa shape index (κ3) is 5.27. The van der Waals surface area contributed by atoms with Crippen LogP contribution < -0.4 is 5.32 Å². The van der Waals surface area contributed by atoms with Crippen LogP contribution in [0.15, 0.2) is 57.5 Å². The lowest BCUT2D eigenvalue weighted by atomic mass is 9.85. The van der Waals surface area contributed by atoms with E-state index in [1.54, 1.807) is 0 Å². The normalized spacial score (nSPS) is 17.9. The Labute approximate surface area is 182 Å². The van der Waals surface area contributed by atoms with Gasteiger partial charge in [-0.3, -0.25) is 0 Å². The van der Waals surface area contributed by atoms with Gasteiger partial charge in [0.05, 0.1) is 12.0 Å². The van der Waals surface area contributed by atoms with Crippen molar-refractivity contribution in [1.29, 1.82) is 0 Å². The van der Waals surface area contributed by atoms with Crippen LogP contribution in [0.25, 0.3) is 6.08 Å². The Morgan fingerprint density at radius 3 is 2.46 bits per heavy atom. The fourth-order valence-corrected chi connectivity index (χ4v) is 3.65. The summed E-state index contributed by atoms with van der Waals surface area (Å²) < 4.78 is 7.36. The molecule has 0 heterocycles. The topological polar surface area (TPSA) is 38.3 Å². The quantitative estimate of drug-likeness (QED) is 0.453. The Balaban J connectivity index is 1.95. The highest BCUT2D eigenvalue weighted by atomic mass is 79.9. The third-order valence-electron chi connectivity index (χ3n) is 4.13. The molecule has 3 rings (SSSR count). The van der Waals surface area contributed by atoms with Crippen LogP contribution in [-0.4, -0.2) is 11.7 Å². The van der Waals surface area contributed by atoms with Gasteiger partial charge in [0.15, 0.2) is 0 Å². The number of alkyl carbamates (subject to hydrolysis) is 1. The standard InChI is InChI=1S/C23H21Br2NO2/c1-23(2,3)28-22(27)26-21-16(10-9-15-7-5-4-6-8-15)11-12-17-13-19(24)20(25)14-18(17)21/h4-8,11-14,16,21H,1-3H3,(H,26,27)/t16-,21-/m1/s1. The SMILES string of the molecule is CC(C)(C)OC(=O)N[C@H]1c2cc(Br)c(Br)cc2C=C[C@H]1C#Cc1ccccc1. The van der Waals surface area contributed by atoms with Crippen molar-refractivity contribution in [1.82, 2.24) is 5.32 Å². The smallest absolute Gasteiger partial charge is 0.408 e. The minimum Gasteiger partial charge on any atom is -0.444 e. The van der Waals surface area contributed by atoms with E-state index in [1.807, 2.05) is 75.4 Å². The minimum absolute atomic E-state index is 0.173. The van der Waals surface area contributed by atoms with Gasteiger partial charge in [-0.1, -0.05) is 42.2 Å². The number of halogens is 2. The molecule has 0 unspecified atom stereocenters. The second-order valence-electron chi connectivity index (χ2n) is 7.54. The molecule has 144 valence electrons. The molecule has 2 aromatic carbocycles. The molecule has 2 aromatic rings. The number of rotatable bonds is 1. The van der Waals surface area contributed by atoms with Crippen molar-refractivity contribution in [3.05, 3.63) is 74.2 Å². The third-order valence-corrected chi connectivity index (χ3v) is 5.98. The summed E-state index contributed by atoms with van der Waals surface area (Å²) in [7, 11) is 0. The minimum atomic E-state index is -0.567. The molecule has 2 atom stereocenters. The number of carbonyl (C=O) groups is 1. The molecule has 0 spiro atoms. The van der Waals surface area contributed by atoms with Crippen LogP contribution in [0.2, 0.25) is 0 Å². The maximum Gasteiger partial charge on any atom is 0.408 e. The van der Waals surface area contributed by atoms with E-state index in [9.17, 15) is 4.79 Å². The predicted octanol–water partition coefficient (Wildman–Crippen LogP) is 6.47. The van der Waals surface area contributed by atoms with Crippen LogP contribution in [0.4, 0.5) is 4.79 Å². The molecular formula is C23H21Br2NO2. The van der Waals surface area contributed by atoms with Crippen molar-refractivity contribution in [2.75, 3.05) is 0 Å². The van der Waals surface area contributed by atoms with Gasteiger partial charge in [0.25, 0.3) is 0 Å². The number of amides is 1. The molecule has 3 nitrogen and oxygen atoms in total. The number of hydrogen-bond donors (Lipinski definition) is 1. The van der Waals surface area contributed by atoms with Gasteiger partial charge in [-0.15, -0.1) is 0 Å². The highest BCUT2D eigenvalue weighted by Crippen LogP contribution is 2.37. The van der Waals surface area contributed by atoms with Crippen LogP contribution in [-0.2, 0) is 4.74 Å². The van der Waals surface area contributed by atoms with Crippen molar-refractivity contribution in [2.45, 2.75) is 32.4 Å². The van der Waals surface area contributed by atoms with Crippen LogP contribution in [0.1, 0.15) is 43.5 Å². The first-order valence-electron chi connectivity index (χ1n) is 8.96. The zero-order valence-electron chi connectivity index (χ0n) is 15.9. The van der Waals surface area contributed by atoms with Gasteiger partial charge in [0, 0.05) is 14.5 Å². The van der Waals surface area contributed by atoms with Crippen LogP contribution >= 0.6 is 31.9 Å². The van der Waals surface area contributed by atoms with Gasteiger partial charge < -0.3 is 10.1 Å². The summed E-state index contributed by atoms with van der Waals surface area (Å²) in [6.07, 6.45) is 3.62. The molecular weight excluding hydrogens is 482 g/mol. The lowest BCUT2D eigenvalue weighted by Crippen LogP contribution is -2.38. The Bertz CT molecular complexity index is 966. The number of carbonyl (C=O) groups excluding carboxylic acids is 1. The molecule has 0 bridgehead atoms. The second-order valence-corrected chi connectivity index (χ2v) is 9.25. The van der Waals surface area contributed by atoms with Gasteiger partial charge in [0.1, 0.15) is 5.60 Å². The van der Waals surface area contributed by atoms with E-state index in [0.29, 0.717) is 0 Å². The summed E-state index contributed by atoms with van der Waals surface area (Å²) in [6, 6.07) is 13.6. The summed E-state index contributed by atoms with van der Waals surface area (Å²) >= 11 is 7.10. The number of nitrogens with one attached hydrogen (secondary N) is 1. The summed E-state index contributed by atoms with van der Waals surface area (Å²) in [5.74, 6) is 6.33. The summed E-state index contributed by atoms with van der Waals surface area (Å²) in [6.45, 7) is 5.55. The van der Waals surface area contributed by atoms with E-state index in [0.717, 1.165) is 25.6 Å². The van der Waals surface area contributed by atoms with E-state index >= 15 is 0 Å². The molecule has 0 radical (unpaired) electrons. The Morgan fingerprint density at radius 2 is 1.79 bits per heavy atom. The van der Waals surface area contributed by atoms with E-state index in [-0.39, 0.29) is 12.0 Å². The number of ether oxygens (including phenoxy) is 1. The first-order chi connectivity index (χ1) is 13.2. The number of hydrogen-bond acceptors (Lipinski definition) is 2. The molecule has 1 amide bonds. The maximum atomic E-state index is 12.5. The Morgan fingerprint density at radius 1 is 1.11 bits per heavy atom. The van der Waals surface area contributed by atoms with E-state index in [2.05, 4.69) is 49.0 Å². The zero-order valence-corrected chi connectivity index (χ0v) is 19.1. The van der Waals surface area contributed by atoms with Crippen molar-refractivity contribution in [2.24, 2.45) is 5.92 Å². The first-order valence-corrected chi connectivity index (χ1v) is 10.5. The van der Waals surface area contributed by atoms with E-state index in [1.165, 1.54) is 0 Å². The van der Waals surface area contributed by atoms with Gasteiger partial charge >= 0.3 is 6.09 Å². The first kappa shape index (κ1) is 20.7. The Kier molecular flexibility index (Phi) is 6.32. The highest BCUT2D eigenvalue weighted by Gasteiger charge is 2.29. The zero-order chi connectivity index (χ0) is 20.3. The molecule has 0 fully saturated rings. The molecule has 0 aromatic heterocycles. The summed E-state index contributed by atoms with van der Waals surface area (Å²) in [5.41, 5.74) is 2.41. The summed E-state index contributed by atoms with van der Waals surface area (Å²) in [5, 5.41) is 3.01. The highest BCUT2D eigenvalue weighted by molar-refractivity contribution is 9.13. The molecule has 1 aliphatic carbocycles. The average Bonchev–Trinajstić information content (AvgIpc) is 2.62. The van der Waals surface area contributed by atoms with E-state index in [4.69, 9.17) is 4.74 Å².